The number of ether oxygens (including phenoxy) is 1. The monoisotopic (exact) mass is 432 g/mol. The number of amides is 1. The highest BCUT2D eigenvalue weighted by Crippen LogP contribution is 2.32. The molecule has 10 heteroatoms. The molecule has 3 aromatic rings. The zero-order chi connectivity index (χ0) is 21.5. The second kappa shape index (κ2) is 7.84. The zero-order valence-electron chi connectivity index (χ0n) is 17.1. The second-order valence-corrected chi connectivity index (χ2v) is 9.88. The molecule has 4 rings (SSSR count). The molecule has 1 fully saturated rings. The van der Waals surface area contributed by atoms with Gasteiger partial charge in [0.1, 0.15) is 5.69 Å². The van der Waals surface area contributed by atoms with E-state index in [2.05, 4.69) is 10.4 Å². The van der Waals surface area contributed by atoms with E-state index in [1.807, 2.05) is 6.92 Å². The SMILES string of the molecule is COCC(C)NC(=O)c1cc(-c2ccco2)nc2c1c(C)nn2C1CCS(=O)(=O)C1. The molecule has 0 bridgehead atoms. The lowest BCUT2D eigenvalue weighted by Crippen LogP contribution is -2.35. The first-order chi connectivity index (χ1) is 14.3. The van der Waals surface area contributed by atoms with E-state index in [1.54, 1.807) is 36.9 Å². The number of nitrogens with zero attached hydrogens (tertiary/aromatic N) is 3. The van der Waals surface area contributed by atoms with Crippen LogP contribution in [0.1, 0.15) is 35.4 Å². The van der Waals surface area contributed by atoms with Gasteiger partial charge in [-0.05, 0) is 38.5 Å². The number of aryl methyl sites for hydroxylation is 1. The van der Waals surface area contributed by atoms with Gasteiger partial charge in [0.25, 0.3) is 5.91 Å². The Kier molecular flexibility index (Phi) is 5.37. The lowest BCUT2D eigenvalue weighted by Gasteiger charge is -2.14. The Morgan fingerprint density at radius 1 is 1.47 bits per heavy atom. The fourth-order valence-electron chi connectivity index (χ4n) is 3.86. The highest BCUT2D eigenvalue weighted by molar-refractivity contribution is 7.91. The average Bonchev–Trinajstić information content (AvgIpc) is 3.40. The summed E-state index contributed by atoms with van der Waals surface area (Å²) < 4.78 is 36.3. The van der Waals surface area contributed by atoms with Crippen LogP contribution in [0.3, 0.4) is 0 Å². The first kappa shape index (κ1) is 20.5. The number of pyridine rings is 1. The van der Waals surface area contributed by atoms with E-state index in [1.165, 1.54) is 6.26 Å². The molecule has 9 nitrogen and oxygen atoms in total. The molecule has 0 spiro atoms. The Morgan fingerprint density at radius 2 is 2.27 bits per heavy atom. The normalized spacial score (nSPS) is 19.2. The van der Waals surface area contributed by atoms with Gasteiger partial charge in [-0.2, -0.15) is 5.10 Å². The van der Waals surface area contributed by atoms with E-state index in [9.17, 15) is 13.2 Å². The van der Waals surface area contributed by atoms with E-state index < -0.39 is 9.84 Å². The molecule has 1 N–H and O–H groups in total. The molecule has 0 aliphatic carbocycles. The van der Waals surface area contributed by atoms with Gasteiger partial charge in [0.05, 0.1) is 47.1 Å². The third-order valence-corrected chi connectivity index (χ3v) is 6.95. The number of hydrogen-bond acceptors (Lipinski definition) is 7. The first-order valence-electron chi connectivity index (χ1n) is 9.73. The summed E-state index contributed by atoms with van der Waals surface area (Å²) in [5.74, 6) is 0.377. The molecule has 4 heterocycles. The summed E-state index contributed by atoms with van der Waals surface area (Å²) in [6.07, 6.45) is 2.01. The lowest BCUT2D eigenvalue weighted by atomic mass is 10.1. The van der Waals surface area contributed by atoms with Crippen LogP contribution in [0.4, 0.5) is 0 Å². The molecule has 0 aromatic carbocycles. The summed E-state index contributed by atoms with van der Waals surface area (Å²) >= 11 is 0. The summed E-state index contributed by atoms with van der Waals surface area (Å²) in [5.41, 5.74) is 2.00. The van der Waals surface area contributed by atoms with Gasteiger partial charge in [-0.15, -0.1) is 0 Å². The van der Waals surface area contributed by atoms with Crippen molar-refractivity contribution in [2.45, 2.75) is 32.4 Å². The number of nitrogens with one attached hydrogen (secondary N) is 1. The van der Waals surface area contributed by atoms with Crippen molar-refractivity contribution < 1.29 is 22.4 Å². The molecule has 1 amide bonds. The maximum atomic E-state index is 13.1. The molecule has 1 aliphatic heterocycles. The maximum Gasteiger partial charge on any atom is 0.252 e. The fraction of sp³-hybridized carbons (Fsp3) is 0.450. The molecule has 30 heavy (non-hydrogen) atoms. The number of carbonyl (C=O) groups is 1. The van der Waals surface area contributed by atoms with E-state index in [4.69, 9.17) is 14.1 Å². The number of hydrogen-bond donors (Lipinski definition) is 1. The summed E-state index contributed by atoms with van der Waals surface area (Å²) in [7, 11) is -1.53. The minimum Gasteiger partial charge on any atom is -0.463 e. The third kappa shape index (κ3) is 3.84. The largest absolute Gasteiger partial charge is 0.463 e. The topological polar surface area (TPSA) is 116 Å². The van der Waals surface area contributed by atoms with Gasteiger partial charge < -0.3 is 14.5 Å². The molecule has 1 saturated heterocycles. The van der Waals surface area contributed by atoms with E-state index in [0.29, 0.717) is 46.8 Å². The van der Waals surface area contributed by atoms with Crippen molar-refractivity contribution in [1.82, 2.24) is 20.1 Å². The van der Waals surface area contributed by atoms with Crippen molar-refractivity contribution in [2.75, 3.05) is 25.2 Å². The fourth-order valence-corrected chi connectivity index (χ4v) is 5.55. The standard InChI is InChI=1S/C20H24N4O5S/c1-12(10-28-3)21-20(25)15-9-16(17-5-4-7-29-17)22-19-18(15)13(2)23-24(19)14-6-8-30(26,27)11-14/h4-5,7,9,12,14H,6,8,10-11H2,1-3H3,(H,21,25). The van der Waals surface area contributed by atoms with Gasteiger partial charge in [0.15, 0.2) is 21.2 Å². The van der Waals surface area contributed by atoms with Gasteiger partial charge in [0, 0.05) is 13.2 Å². The van der Waals surface area contributed by atoms with Crippen LogP contribution in [0.25, 0.3) is 22.5 Å². The number of rotatable bonds is 6. The van der Waals surface area contributed by atoms with E-state index >= 15 is 0 Å². The Bertz CT molecular complexity index is 1180. The van der Waals surface area contributed by atoms with Gasteiger partial charge >= 0.3 is 0 Å². The number of fused-ring (bicyclic) bond motifs is 1. The van der Waals surface area contributed by atoms with Crippen LogP contribution in [0.15, 0.2) is 28.9 Å². The molecule has 0 saturated carbocycles. The lowest BCUT2D eigenvalue weighted by molar-refractivity contribution is 0.0907. The number of carbonyl (C=O) groups excluding carboxylic acids is 1. The first-order valence-corrected chi connectivity index (χ1v) is 11.5. The minimum absolute atomic E-state index is 0.0162. The summed E-state index contributed by atoms with van der Waals surface area (Å²) in [6.45, 7) is 4.03. The molecule has 160 valence electrons. The third-order valence-electron chi connectivity index (χ3n) is 5.20. The molecular weight excluding hydrogens is 408 g/mol. The Balaban J connectivity index is 1.87. The maximum absolute atomic E-state index is 13.1. The molecule has 2 atom stereocenters. The zero-order valence-corrected chi connectivity index (χ0v) is 17.9. The van der Waals surface area contributed by atoms with Gasteiger partial charge in [-0.25, -0.2) is 18.1 Å². The smallest absolute Gasteiger partial charge is 0.252 e. The number of aromatic nitrogens is 3. The van der Waals surface area contributed by atoms with Crippen molar-refractivity contribution in [3.63, 3.8) is 0 Å². The number of sulfone groups is 1. The van der Waals surface area contributed by atoms with E-state index in [-0.39, 0.29) is 29.5 Å². The number of furan rings is 1. The predicted molar refractivity (Wildman–Crippen MR) is 111 cm³/mol. The van der Waals surface area contributed by atoms with E-state index in [0.717, 1.165) is 0 Å². The van der Waals surface area contributed by atoms with Gasteiger partial charge in [-0.3, -0.25) is 4.79 Å². The van der Waals surface area contributed by atoms with Crippen LogP contribution < -0.4 is 5.32 Å². The minimum atomic E-state index is -3.11. The molecule has 3 aromatic heterocycles. The molecule has 1 aliphatic rings. The summed E-state index contributed by atoms with van der Waals surface area (Å²) in [5, 5.41) is 8.11. The van der Waals surface area contributed by atoms with Crippen molar-refractivity contribution >= 4 is 26.8 Å². The van der Waals surface area contributed by atoms with Crippen LogP contribution >= 0.6 is 0 Å². The number of methoxy groups -OCH3 is 1. The second-order valence-electron chi connectivity index (χ2n) is 7.65. The van der Waals surface area contributed by atoms with Crippen LogP contribution in [0.5, 0.6) is 0 Å². The molecule has 0 radical (unpaired) electrons. The highest BCUT2D eigenvalue weighted by Gasteiger charge is 2.32. The van der Waals surface area contributed by atoms with Crippen LogP contribution in [-0.2, 0) is 14.6 Å². The van der Waals surface area contributed by atoms with Crippen molar-refractivity contribution in [3.8, 4) is 11.5 Å². The Labute approximate surface area is 174 Å². The van der Waals surface area contributed by atoms with Crippen molar-refractivity contribution in [3.05, 3.63) is 35.7 Å². The van der Waals surface area contributed by atoms with Gasteiger partial charge in [0.2, 0.25) is 0 Å². The van der Waals surface area contributed by atoms with Crippen molar-refractivity contribution in [2.24, 2.45) is 0 Å². The molecular formula is C20H24N4O5S. The molecule has 2 unspecified atom stereocenters. The Hall–Kier alpha value is -2.72. The van der Waals surface area contributed by atoms with Crippen molar-refractivity contribution in [1.29, 1.82) is 0 Å². The quantitative estimate of drug-likeness (QED) is 0.634. The van der Waals surface area contributed by atoms with Crippen LogP contribution in [0.2, 0.25) is 0 Å². The van der Waals surface area contributed by atoms with Crippen LogP contribution in [0, 0.1) is 6.92 Å². The predicted octanol–water partition coefficient (Wildman–Crippen LogP) is 2.12. The van der Waals surface area contributed by atoms with Crippen LogP contribution in [-0.4, -0.2) is 60.4 Å². The summed E-state index contributed by atoms with van der Waals surface area (Å²) in [4.78, 5) is 17.8. The summed E-state index contributed by atoms with van der Waals surface area (Å²) in [6, 6.07) is 4.69. The Morgan fingerprint density at radius 3 is 2.90 bits per heavy atom. The average molecular weight is 433 g/mol. The van der Waals surface area contributed by atoms with Gasteiger partial charge in [-0.1, -0.05) is 0 Å². The highest BCUT2D eigenvalue weighted by atomic mass is 32.2.